The minimum atomic E-state index is -0.178. The fourth-order valence-corrected chi connectivity index (χ4v) is 1.85. The monoisotopic (exact) mass is 264 g/mol. The Bertz CT molecular complexity index is 691. The molecule has 0 atom stereocenters. The predicted octanol–water partition coefficient (Wildman–Crippen LogP) is 2.72. The largest absolute Gasteiger partial charge is 0.307 e. The average molecular weight is 264 g/mol. The molecule has 5 heteroatoms. The Balaban J connectivity index is 1.76. The summed E-state index contributed by atoms with van der Waals surface area (Å²) in [5.41, 5.74) is 2.58. The summed E-state index contributed by atoms with van der Waals surface area (Å²) >= 11 is 0. The molecular formula is C15H12N4O. The van der Waals surface area contributed by atoms with E-state index >= 15 is 0 Å². The molecule has 0 aliphatic heterocycles. The Hall–Kier alpha value is -2.95. The van der Waals surface area contributed by atoms with E-state index in [1.165, 1.54) is 0 Å². The van der Waals surface area contributed by atoms with Crippen LogP contribution in [-0.2, 0) is 0 Å². The molecule has 2 heterocycles. The Morgan fingerprint density at radius 1 is 1.05 bits per heavy atom. The van der Waals surface area contributed by atoms with Crippen LogP contribution in [0.4, 0.5) is 5.82 Å². The molecule has 3 rings (SSSR count). The normalized spacial score (nSPS) is 10.2. The highest BCUT2D eigenvalue weighted by Crippen LogP contribution is 2.18. The van der Waals surface area contributed by atoms with Crippen molar-refractivity contribution in [1.29, 1.82) is 0 Å². The van der Waals surface area contributed by atoms with Crippen molar-refractivity contribution in [2.75, 3.05) is 5.32 Å². The van der Waals surface area contributed by atoms with Crippen LogP contribution in [0.15, 0.2) is 61.1 Å². The first-order valence-corrected chi connectivity index (χ1v) is 6.14. The third-order valence-corrected chi connectivity index (χ3v) is 2.89. The Labute approximate surface area is 115 Å². The van der Waals surface area contributed by atoms with Gasteiger partial charge in [0.25, 0.3) is 5.91 Å². The Morgan fingerprint density at radius 2 is 1.90 bits per heavy atom. The van der Waals surface area contributed by atoms with Crippen molar-refractivity contribution in [2.45, 2.75) is 0 Å². The first-order chi connectivity index (χ1) is 9.83. The van der Waals surface area contributed by atoms with Crippen molar-refractivity contribution < 1.29 is 4.79 Å². The van der Waals surface area contributed by atoms with E-state index < -0.39 is 0 Å². The van der Waals surface area contributed by atoms with Gasteiger partial charge in [0.05, 0.1) is 6.20 Å². The van der Waals surface area contributed by atoms with Gasteiger partial charge in [0.15, 0.2) is 0 Å². The third-order valence-electron chi connectivity index (χ3n) is 2.89. The lowest BCUT2D eigenvalue weighted by molar-refractivity contribution is 0.102. The number of benzene rings is 1. The number of aromatic nitrogens is 3. The molecule has 0 spiro atoms. The molecule has 0 radical (unpaired) electrons. The zero-order chi connectivity index (χ0) is 13.8. The number of carbonyl (C=O) groups excluding carboxylic acids is 1. The highest BCUT2D eigenvalue weighted by Gasteiger charge is 2.07. The molecule has 0 fully saturated rings. The lowest BCUT2D eigenvalue weighted by Crippen LogP contribution is -2.12. The van der Waals surface area contributed by atoms with Crippen molar-refractivity contribution >= 4 is 11.7 Å². The van der Waals surface area contributed by atoms with E-state index in [4.69, 9.17) is 0 Å². The molecule has 1 amide bonds. The zero-order valence-electron chi connectivity index (χ0n) is 10.6. The second kappa shape index (κ2) is 5.36. The van der Waals surface area contributed by atoms with Crippen LogP contribution in [-0.4, -0.2) is 21.1 Å². The van der Waals surface area contributed by atoms with Crippen molar-refractivity contribution in [3.63, 3.8) is 0 Å². The summed E-state index contributed by atoms with van der Waals surface area (Å²) in [6, 6.07) is 12.7. The molecule has 0 bridgehead atoms. The summed E-state index contributed by atoms with van der Waals surface area (Å²) in [7, 11) is 0. The van der Waals surface area contributed by atoms with Gasteiger partial charge in [-0.3, -0.25) is 9.89 Å². The molecular weight excluding hydrogens is 252 g/mol. The van der Waals surface area contributed by atoms with Crippen LogP contribution in [0.2, 0.25) is 0 Å². The smallest absolute Gasteiger partial charge is 0.256 e. The number of nitrogens with zero attached hydrogens (tertiary/aromatic N) is 2. The number of anilines is 1. The minimum Gasteiger partial charge on any atom is -0.307 e. The molecule has 0 aliphatic rings. The Morgan fingerprint density at radius 3 is 2.55 bits per heavy atom. The standard InChI is InChI=1S/C15H12N4O/c20-15(19-14-3-1-2-8-16-14)12-6-4-11(5-7-12)13-9-17-18-10-13/h1-10H,(H,17,18)(H,16,19,20). The van der Waals surface area contributed by atoms with Gasteiger partial charge >= 0.3 is 0 Å². The SMILES string of the molecule is O=C(Nc1ccccn1)c1ccc(-c2cn[nH]c2)cc1. The minimum absolute atomic E-state index is 0.178. The van der Waals surface area contributed by atoms with Gasteiger partial charge in [-0.25, -0.2) is 4.98 Å². The van der Waals surface area contributed by atoms with E-state index in [9.17, 15) is 4.79 Å². The number of H-pyrrole nitrogens is 1. The maximum atomic E-state index is 12.0. The maximum absolute atomic E-state index is 12.0. The fourth-order valence-electron chi connectivity index (χ4n) is 1.85. The van der Waals surface area contributed by atoms with Crippen LogP contribution >= 0.6 is 0 Å². The maximum Gasteiger partial charge on any atom is 0.256 e. The molecule has 0 saturated heterocycles. The summed E-state index contributed by atoms with van der Waals surface area (Å²) in [6.07, 6.45) is 5.18. The first-order valence-electron chi connectivity index (χ1n) is 6.14. The van der Waals surface area contributed by atoms with Gasteiger partial charge in [-0.1, -0.05) is 18.2 Å². The lowest BCUT2D eigenvalue weighted by atomic mass is 10.1. The van der Waals surface area contributed by atoms with Crippen LogP contribution in [0.25, 0.3) is 11.1 Å². The lowest BCUT2D eigenvalue weighted by Gasteiger charge is -2.04. The number of hydrogen-bond acceptors (Lipinski definition) is 3. The second-order valence-electron chi connectivity index (χ2n) is 4.23. The molecule has 2 aromatic heterocycles. The number of hydrogen-bond donors (Lipinski definition) is 2. The summed E-state index contributed by atoms with van der Waals surface area (Å²) < 4.78 is 0. The molecule has 0 aliphatic carbocycles. The van der Waals surface area contributed by atoms with Gasteiger partial charge in [-0.15, -0.1) is 0 Å². The third kappa shape index (κ3) is 2.56. The molecule has 5 nitrogen and oxygen atoms in total. The van der Waals surface area contributed by atoms with E-state index in [0.717, 1.165) is 11.1 Å². The number of carbonyl (C=O) groups is 1. The van der Waals surface area contributed by atoms with Crippen LogP contribution in [0.3, 0.4) is 0 Å². The number of nitrogens with one attached hydrogen (secondary N) is 2. The summed E-state index contributed by atoms with van der Waals surface area (Å²) in [5.74, 6) is 0.360. The van der Waals surface area contributed by atoms with E-state index in [2.05, 4.69) is 20.5 Å². The molecule has 0 saturated carbocycles. The second-order valence-corrected chi connectivity index (χ2v) is 4.23. The number of pyridine rings is 1. The van der Waals surface area contributed by atoms with Crippen LogP contribution < -0.4 is 5.32 Å². The van der Waals surface area contributed by atoms with Crippen molar-refractivity contribution in [3.05, 3.63) is 66.6 Å². The average Bonchev–Trinajstić information content (AvgIpc) is 3.03. The van der Waals surface area contributed by atoms with Gasteiger partial charge in [0, 0.05) is 23.5 Å². The molecule has 98 valence electrons. The van der Waals surface area contributed by atoms with Crippen LogP contribution in [0, 0.1) is 0 Å². The van der Waals surface area contributed by atoms with Crippen molar-refractivity contribution in [3.8, 4) is 11.1 Å². The molecule has 0 unspecified atom stereocenters. The fraction of sp³-hybridized carbons (Fsp3) is 0. The van der Waals surface area contributed by atoms with Crippen LogP contribution in [0.5, 0.6) is 0 Å². The highest BCUT2D eigenvalue weighted by molar-refractivity contribution is 6.03. The van der Waals surface area contributed by atoms with Gasteiger partial charge in [-0.05, 0) is 29.8 Å². The predicted molar refractivity (Wildman–Crippen MR) is 76.2 cm³/mol. The van der Waals surface area contributed by atoms with Gasteiger partial charge < -0.3 is 5.32 Å². The molecule has 20 heavy (non-hydrogen) atoms. The Kier molecular flexibility index (Phi) is 3.24. The van der Waals surface area contributed by atoms with Gasteiger partial charge in [0.1, 0.15) is 5.82 Å². The van der Waals surface area contributed by atoms with Crippen molar-refractivity contribution in [1.82, 2.24) is 15.2 Å². The van der Waals surface area contributed by atoms with Crippen molar-refractivity contribution in [2.24, 2.45) is 0 Å². The quantitative estimate of drug-likeness (QED) is 0.764. The van der Waals surface area contributed by atoms with Gasteiger partial charge in [-0.2, -0.15) is 5.10 Å². The highest BCUT2D eigenvalue weighted by atomic mass is 16.1. The van der Waals surface area contributed by atoms with E-state index in [1.54, 1.807) is 36.7 Å². The van der Waals surface area contributed by atoms with E-state index in [1.807, 2.05) is 24.4 Å². The number of rotatable bonds is 3. The summed E-state index contributed by atoms with van der Waals surface area (Å²) in [5, 5.41) is 9.40. The number of amides is 1. The topological polar surface area (TPSA) is 70.7 Å². The molecule has 2 N–H and O–H groups in total. The van der Waals surface area contributed by atoms with Gasteiger partial charge in [0.2, 0.25) is 0 Å². The first kappa shape index (κ1) is 12.1. The molecule has 3 aromatic rings. The zero-order valence-corrected chi connectivity index (χ0v) is 10.6. The number of aromatic amines is 1. The van der Waals surface area contributed by atoms with Crippen LogP contribution in [0.1, 0.15) is 10.4 Å². The molecule has 1 aromatic carbocycles. The van der Waals surface area contributed by atoms with E-state index in [-0.39, 0.29) is 5.91 Å². The van der Waals surface area contributed by atoms with E-state index in [0.29, 0.717) is 11.4 Å². The summed E-state index contributed by atoms with van der Waals surface area (Å²) in [4.78, 5) is 16.1. The summed E-state index contributed by atoms with van der Waals surface area (Å²) in [6.45, 7) is 0.